The van der Waals surface area contributed by atoms with Crippen LogP contribution in [0.5, 0.6) is 5.75 Å². The molecule has 1 aromatic carbocycles. The van der Waals surface area contributed by atoms with Crippen LogP contribution in [-0.2, 0) is 14.3 Å². The number of rotatable bonds is 6. The Hall–Kier alpha value is -2.07. The van der Waals surface area contributed by atoms with Crippen molar-refractivity contribution in [3.8, 4) is 5.75 Å². The summed E-state index contributed by atoms with van der Waals surface area (Å²) in [5.74, 6) is 0.490. The van der Waals surface area contributed by atoms with Gasteiger partial charge in [0.15, 0.2) is 6.29 Å². The molecule has 0 aliphatic carbocycles. The number of hydrogen-bond acceptors (Lipinski definition) is 4. The Kier molecular flexibility index (Phi) is 9.74. The smallest absolute Gasteiger partial charge is 0.333 e. The summed E-state index contributed by atoms with van der Waals surface area (Å²) in [7, 11) is 0. The highest BCUT2D eigenvalue weighted by molar-refractivity contribution is 5.87. The molecular formula is C20H30O4. The minimum absolute atomic E-state index is 0.199. The molecule has 0 heterocycles. The normalized spacial score (nSPS) is 11.6. The fourth-order valence-corrected chi connectivity index (χ4v) is 1.51. The van der Waals surface area contributed by atoms with Crippen LogP contribution in [0.1, 0.15) is 47.1 Å². The van der Waals surface area contributed by atoms with Crippen molar-refractivity contribution in [2.24, 2.45) is 0 Å². The molecule has 24 heavy (non-hydrogen) atoms. The Labute approximate surface area is 146 Å². The van der Waals surface area contributed by atoms with E-state index in [9.17, 15) is 4.79 Å². The average molecular weight is 334 g/mol. The van der Waals surface area contributed by atoms with Crippen LogP contribution >= 0.6 is 0 Å². The van der Waals surface area contributed by atoms with Crippen molar-refractivity contribution in [1.29, 1.82) is 0 Å². The second kappa shape index (κ2) is 10.7. The molecule has 0 amide bonds. The molecule has 0 aromatic heterocycles. The summed E-state index contributed by atoms with van der Waals surface area (Å²) in [5.41, 5.74) is 1.12. The monoisotopic (exact) mass is 334 g/mol. The second-order valence-electron chi connectivity index (χ2n) is 6.20. The van der Waals surface area contributed by atoms with Crippen molar-refractivity contribution in [2.45, 2.75) is 53.4 Å². The number of benzene rings is 1. The van der Waals surface area contributed by atoms with E-state index in [2.05, 4.69) is 13.2 Å². The van der Waals surface area contributed by atoms with Crippen LogP contribution in [0.4, 0.5) is 0 Å². The zero-order valence-corrected chi connectivity index (χ0v) is 15.7. The summed E-state index contributed by atoms with van der Waals surface area (Å²) in [4.78, 5) is 10.8. The first-order valence-corrected chi connectivity index (χ1v) is 7.98. The van der Waals surface area contributed by atoms with Gasteiger partial charge in [-0.1, -0.05) is 31.4 Å². The van der Waals surface area contributed by atoms with E-state index >= 15 is 0 Å². The minimum Gasteiger partial charge on any atom is -0.465 e. The van der Waals surface area contributed by atoms with Gasteiger partial charge in [0, 0.05) is 12.2 Å². The number of esters is 1. The lowest BCUT2D eigenvalue weighted by Gasteiger charge is -2.19. The van der Waals surface area contributed by atoms with Crippen LogP contribution < -0.4 is 4.74 Å². The van der Waals surface area contributed by atoms with Crippen molar-refractivity contribution < 1.29 is 19.0 Å². The summed E-state index contributed by atoms with van der Waals surface area (Å²) in [5, 5.41) is 0. The van der Waals surface area contributed by atoms with Gasteiger partial charge in [-0.3, -0.25) is 0 Å². The van der Waals surface area contributed by atoms with Crippen molar-refractivity contribution in [1.82, 2.24) is 0 Å². The van der Waals surface area contributed by atoms with E-state index in [4.69, 9.17) is 14.2 Å². The van der Waals surface area contributed by atoms with E-state index in [1.807, 2.05) is 58.9 Å². The fourth-order valence-electron chi connectivity index (χ4n) is 1.51. The Morgan fingerprint density at radius 2 is 1.79 bits per heavy atom. The van der Waals surface area contributed by atoms with E-state index in [-0.39, 0.29) is 12.3 Å². The number of hydrogen-bond donors (Lipinski definition) is 0. The Bertz CT molecular complexity index is 524. The first-order valence-electron chi connectivity index (χ1n) is 7.98. The predicted octanol–water partition coefficient (Wildman–Crippen LogP) is 5.00. The molecular weight excluding hydrogens is 304 g/mol. The highest BCUT2D eigenvalue weighted by Gasteiger charge is 2.15. The second-order valence-corrected chi connectivity index (χ2v) is 6.20. The predicted molar refractivity (Wildman–Crippen MR) is 98.9 cm³/mol. The molecule has 0 saturated carbocycles. The van der Waals surface area contributed by atoms with Crippen molar-refractivity contribution >= 4 is 12.0 Å². The summed E-state index contributed by atoms with van der Waals surface area (Å²) in [6.45, 7) is 18.7. The van der Waals surface area contributed by atoms with Crippen LogP contribution in [0.15, 0.2) is 43.0 Å². The summed E-state index contributed by atoms with van der Waals surface area (Å²) in [6, 6.07) is 7.74. The topological polar surface area (TPSA) is 44.8 Å². The van der Waals surface area contributed by atoms with Gasteiger partial charge >= 0.3 is 5.97 Å². The Morgan fingerprint density at radius 3 is 2.12 bits per heavy atom. The van der Waals surface area contributed by atoms with Crippen molar-refractivity contribution in [3.05, 3.63) is 48.6 Å². The summed E-state index contributed by atoms with van der Waals surface area (Å²) >= 11 is 0. The van der Waals surface area contributed by atoms with Gasteiger partial charge in [0.05, 0.1) is 0 Å². The Morgan fingerprint density at radius 1 is 1.25 bits per heavy atom. The lowest BCUT2D eigenvalue weighted by Crippen LogP contribution is -2.23. The van der Waals surface area contributed by atoms with E-state index in [1.165, 1.54) is 0 Å². The van der Waals surface area contributed by atoms with Crippen molar-refractivity contribution in [3.63, 3.8) is 0 Å². The van der Waals surface area contributed by atoms with Gasteiger partial charge < -0.3 is 14.2 Å². The maximum atomic E-state index is 10.8. The molecule has 4 nitrogen and oxygen atoms in total. The third-order valence-corrected chi connectivity index (χ3v) is 2.57. The lowest BCUT2D eigenvalue weighted by molar-refractivity contribution is -0.149. The quantitative estimate of drug-likeness (QED) is 0.417. The standard InChI is InChI=1S/C12H16O2.C8H14O2/c1-4-11-6-8-12(9-7-11)14-10(3)13-5-2;1-6(2)7(9)10-8(3,4)5/h4,6-10H,1,5H2,2-3H3;1H2,2-5H3. The molecule has 0 bridgehead atoms. The van der Waals surface area contributed by atoms with Gasteiger partial charge in [-0.05, 0) is 59.2 Å². The molecule has 0 spiro atoms. The maximum Gasteiger partial charge on any atom is 0.333 e. The zero-order chi connectivity index (χ0) is 18.8. The average Bonchev–Trinajstić information content (AvgIpc) is 2.47. The third kappa shape index (κ3) is 10.6. The van der Waals surface area contributed by atoms with Crippen LogP contribution in [-0.4, -0.2) is 24.5 Å². The van der Waals surface area contributed by atoms with Crippen LogP contribution in [0, 0.1) is 0 Å². The van der Waals surface area contributed by atoms with Crippen LogP contribution in [0.2, 0.25) is 0 Å². The molecule has 4 heteroatoms. The minimum atomic E-state index is -0.407. The molecule has 0 saturated heterocycles. The molecule has 0 aliphatic heterocycles. The van der Waals surface area contributed by atoms with Gasteiger partial charge in [-0.2, -0.15) is 0 Å². The third-order valence-electron chi connectivity index (χ3n) is 2.57. The van der Waals surface area contributed by atoms with Crippen LogP contribution in [0.3, 0.4) is 0 Å². The molecule has 1 atom stereocenters. The van der Waals surface area contributed by atoms with E-state index in [0.29, 0.717) is 12.2 Å². The van der Waals surface area contributed by atoms with Crippen molar-refractivity contribution in [2.75, 3.05) is 6.61 Å². The molecule has 0 N–H and O–H groups in total. The maximum absolute atomic E-state index is 10.8. The molecule has 134 valence electrons. The number of carbonyl (C=O) groups is 1. The number of ether oxygens (including phenoxy) is 3. The molecule has 1 unspecified atom stereocenters. The van der Waals surface area contributed by atoms with Gasteiger partial charge in [0.1, 0.15) is 11.4 Å². The van der Waals surface area contributed by atoms with Gasteiger partial charge in [-0.15, -0.1) is 0 Å². The van der Waals surface area contributed by atoms with Gasteiger partial charge in [0.25, 0.3) is 0 Å². The highest BCUT2D eigenvalue weighted by atomic mass is 16.7. The SMILES string of the molecule is C=C(C)C(=O)OC(C)(C)C.C=Cc1ccc(OC(C)OCC)cc1. The first kappa shape index (κ1) is 21.9. The largest absolute Gasteiger partial charge is 0.465 e. The molecule has 1 aromatic rings. The molecule has 0 radical (unpaired) electrons. The molecule has 0 aliphatic rings. The van der Waals surface area contributed by atoms with Crippen LogP contribution in [0.25, 0.3) is 6.08 Å². The first-order chi connectivity index (χ1) is 11.1. The van der Waals surface area contributed by atoms with Gasteiger partial charge in [-0.25, -0.2) is 4.79 Å². The fraction of sp³-hybridized carbons (Fsp3) is 0.450. The molecule has 0 fully saturated rings. The number of carbonyl (C=O) groups excluding carboxylic acids is 1. The van der Waals surface area contributed by atoms with E-state index in [1.54, 1.807) is 13.0 Å². The highest BCUT2D eigenvalue weighted by Crippen LogP contribution is 2.14. The lowest BCUT2D eigenvalue weighted by atomic mass is 10.2. The zero-order valence-electron chi connectivity index (χ0n) is 15.7. The van der Waals surface area contributed by atoms with E-state index in [0.717, 1.165) is 11.3 Å². The summed E-state index contributed by atoms with van der Waals surface area (Å²) < 4.78 is 15.7. The summed E-state index contributed by atoms with van der Waals surface area (Å²) in [6.07, 6.45) is 1.60. The van der Waals surface area contributed by atoms with Gasteiger partial charge in [0.2, 0.25) is 0 Å². The van der Waals surface area contributed by atoms with E-state index < -0.39 is 5.60 Å². The Balaban J connectivity index is 0.000000470. The molecule has 1 rings (SSSR count).